The Morgan fingerprint density at radius 3 is 1.27 bits per heavy atom. The molecular weight excluding hydrogens is 767 g/mol. The molecule has 0 aliphatic heterocycles. The van der Waals surface area contributed by atoms with E-state index in [1.807, 2.05) is 12.1 Å². The van der Waals surface area contributed by atoms with E-state index in [1.165, 1.54) is 33.4 Å². The van der Waals surface area contributed by atoms with E-state index < -0.39 is 0 Å². The Bertz CT molecular complexity index is 3440. The molecule has 0 saturated heterocycles. The molecule has 0 fully saturated rings. The molecule has 0 amide bonds. The van der Waals surface area contributed by atoms with Gasteiger partial charge in [-0.3, -0.25) is 0 Å². The van der Waals surface area contributed by atoms with Gasteiger partial charge in [0.2, 0.25) is 0 Å². The van der Waals surface area contributed by atoms with Crippen molar-refractivity contribution in [2.45, 2.75) is 0 Å². The van der Waals surface area contributed by atoms with Crippen LogP contribution in [0.4, 0.5) is 17.1 Å². The lowest BCUT2D eigenvalue weighted by molar-refractivity contribution is 0.663. The quantitative estimate of drug-likeness (QED) is 0.153. The third kappa shape index (κ3) is 6.55. The van der Waals surface area contributed by atoms with Gasteiger partial charge >= 0.3 is 0 Å². The highest BCUT2D eigenvalue weighted by atomic mass is 16.3. The SMILES string of the molecule is c1ccc(-c2ccc(-c3ccc(N(c4ccc(-c5ccc(-c6ccccc6)cc5)cc4)c4cccc(-c5cccc6c5oc5c6ccc6oc7ccccc7c65)c4)cc3)cc2)cc1. The van der Waals surface area contributed by atoms with Gasteiger partial charge < -0.3 is 13.7 Å². The van der Waals surface area contributed by atoms with E-state index in [0.29, 0.717) is 0 Å². The largest absolute Gasteiger partial charge is 0.456 e. The molecule has 0 radical (unpaired) electrons. The van der Waals surface area contributed by atoms with E-state index in [-0.39, 0.29) is 0 Å². The highest BCUT2D eigenvalue weighted by molar-refractivity contribution is 6.23. The number of nitrogens with zero attached hydrogens (tertiary/aromatic N) is 1. The summed E-state index contributed by atoms with van der Waals surface area (Å²) in [5.41, 5.74) is 18.2. The molecule has 2 heterocycles. The fourth-order valence-corrected chi connectivity index (χ4v) is 9.13. The summed E-state index contributed by atoms with van der Waals surface area (Å²) >= 11 is 0. The number of fused-ring (bicyclic) bond motifs is 7. The number of anilines is 3. The van der Waals surface area contributed by atoms with Crippen LogP contribution >= 0.6 is 0 Å². The number of hydrogen-bond acceptors (Lipinski definition) is 3. The van der Waals surface area contributed by atoms with Crippen molar-refractivity contribution in [2.24, 2.45) is 0 Å². The minimum Gasteiger partial charge on any atom is -0.456 e. The van der Waals surface area contributed by atoms with E-state index in [1.54, 1.807) is 0 Å². The zero-order valence-corrected chi connectivity index (χ0v) is 34.3. The molecular formula is C60H39NO2. The molecule has 10 aromatic carbocycles. The lowest BCUT2D eigenvalue weighted by Gasteiger charge is -2.26. The normalized spacial score (nSPS) is 11.5. The van der Waals surface area contributed by atoms with Crippen LogP contribution in [0.2, 0.25) is 0 Å². The van der Waals surface area contributed by atoms with Gasteiger partial charge in [0.15, 0.2) is 0 Å². The Labute approximate surface area is 365 Å². The second-order valence-electron chi connectivity index (χ2n) is 16.1. The first kappa shape index (κ1) is 36.5. The fraction of sp³-hybridized carbons (Fsp3) is 0. The summed E-state index contributed by atoms with van der Waals surface area (Å²) in [5.74, 6) is 0. The number of furan rings is 2. The summed E-state index contributed by atoms with van der Waals surface area (Å²) in [6.45, 7) is 0. The summed E-state index contributed by atoms with van der Waals surface area (Å²) in [6, 6.07) is 84.1. The maximum Gasteiger partial charge on any atom is 0.147 e. The molecule has 3 heteroatoms. The van der Waals surface area contributed by atoms with E-state index in [4.69, 9.17) is 8.83 Å². The van der Waals surface area contributed by atoms with Crippen LogP contribution in [0.15, 0.2) is 245 Å². The average Bonchev–Trinajstić information content (AvgIpc) is 3.94. The predicted molar refractivity (Wildman–Crippen MR) is 263 cm³/mol. The Morgan fingerprint density at radius 1 is 0.254 bits per heavy atom. The molecule has 296 valence electrons. The lowest BCUT2D eigenvalue weighted by Crippen LogP contribution is -2.10. The van der Waals surface area contributed by atoms with Crippen molar-refractivity contribution in [3.8, 4) is 55.6 Å². The summed E-state index contributed by atoms with van der Waals surface area (Å²) in [5, 5.41) is 4.23. The molecule has 2 aromatic heterocycles. The van der Waals surface area contributed by atoms with Crippen molar-refractivity contribution >= 4 is 60.9 Å². The molecule has 12 rings (SSSR count). The maximum atomic E-state index is 6.89. The first-order valence-electron chi connectivity index (χ1n) is 21.4. The molecule has 0 N–H and O–H groups in total. The van der Waals surface area contributed by atoms with Crippen LogP contribution in [-0.4, -0.2) is 0 Å². The second kappa shape index (κ2) is 15.3. The van der Waals surface area contributed by atoms with Gasteiger partial charge in [0.05, 0.1) is 5.39 Å². The molecule has 0 aliphatic rings. The number of hydrogen-bond donors (Lipinski definition) is 0. The van der Waals surface area contributed by atoms with Crippen molar-refractivity contribution < 1.29 is 8.83 Å². The number of para-hydroxylation sites is 2. The van der Waals surface area contributed by atoms with E-state index in [0.717, 1.165) is 83.2 Å². The lowest BCUT2D eigenvalue weighted by atomic mass is 9.99. The molecule has 0 atom stereocenters. The van der Waals surface area contributed by atoms with Crippen LogP contribution in [0.3, 0.4) is 0 Å². The van der Waals surface area contributed by atoms with Crippen LogP contribution < -0.4 is 4.90 Å². The van der Waals surface area contributed by atoms with Crippen molar-refractivity contribution in [1.82, 2.24) is 0 Å². The van der Waals surface area contributed by atoms with E-state index >= 15 is 0 Å². The van der Waals surface area contributed by atoms with Crippen LogP contribution in [0.25, 0.3) is 99.5 Å². The molecule has 0 unspecified atom stereocenters. The molecule has 63 heavy (non-hydrogen) atoms. The van der Waals surface area contributed by atoms with Gasteiger partial charge in [-0.05, 0) is 105 Å². The van der Waals surface area contributed by atoms with Gasteiger partial charge in [0, 0.05) is 38.8 Å². The Hall–Kier alpha value is -8.40. The molecule has 0 bridgehead atoms. The van der Waals surface area contributed by atoms with Crippen molar-refractivity contribution in [3.05, 3.63) is 237 Å². The Morgan fingerprint density at radius 2 is 0.698 bits per heavy atom. The standard InChI is InChI=1S/C60H39NO2/c1-3-11-40(12-4-1)42-21-25-44(26-22-42)46-29-33-49(34-30-46)61(50-35-31-47(32-36-50)45-27-23-43(24-28-45)41-13-5-2-6-14-41)51-16-9-15-48(39-51)52-18-10-19-53-54-37-38-57-58(60(54)63-59(52)53)55-17-7-8-20-56(55)62-57/h1-39H. The summed E-state index contributed by atoms with van der Waals surface area (Å²) < 4.78 is 13.1. The van der Waals surface area contributed by atoms with Gasteiger partial charge in [-0.25, -0.2) is 0 Å². The molecule has 12 aromatic rings. The third-order valence-electron chi connectivity index (χ3n) is 12.3. The molecule has 3 nitrogen and oxygen atoms in total. The number of benzene rings is 10. The summed E-state index contributed by atoms with van der Waals surface area (Å²) in [4.78, 5) is 2.34. The van der Waals surface area contributed by atoms with Gasteiger partial charge in [-0.1, -0.05) is 182 Å². The van der Waals surface area contributed by atoms with Gasteiger partial charge in [0.25, 0.3) is 0 Å². The van der Waals surface area contributed by atoms with Crippen LogP contribution in [-0.2, 0) is 0 Å². The van der Waals surface area contributed by atoms with Gasteiger partial charge in [0.1, 0.15) is 22.3 Å². The van der Waals surface area contributed by atoms with Gasteiger partial charge in [-0.15, -0.1) is 0 Å². The molecule has 0 aliphatic carbocycles. The first-order valence-corrected chi connectivity index (χ1v) is 21.4. The monoisotopic (exact) mass is 805 g/mol. The average molecular weight is 806 g/mol. The topological polar surface area (TPSA) is 29.5 Å². The zero-order valence-electron chi connectivity index (χ0n) is 34.3. The van der Waals surface area contributed by atoms with E-state index in [2.05, 4.69) is 229 Å². The van der Waals surface area contributed by atoms with E-state index in [9.17, 15) is 0 Å². The highest BCUT2D eigenvalue weighted by Crippen LogP contribution is 2.44. The zero-order chi connectivity index (χ0) is 41.7. The Kier molecular flexibility index (Phi) is 8.83. The number of rotatable bonds is 8. The summed E-state index contributed by atoms with van der Waals surface area (Å²) in [6.07, 6.45) is 0. The minimum atomic E-state index is 0.826. The minimum absolute atomic E-state index is 0.826. The second-order valence-corrected chi connectivity index (χ2v) is 16.1. The summed E-state index contributed by atoms with van der Waals surface area (Å²) in [7, 11) is 0. The maximum absolute atomic E-state index is 6.89. The van der Waals surface area contributed by atoms with Crippen molar-refractivity contribution in [1.29, 1.82) is 0 Å². The van der Waals surface area contributed by atoms with Crippen molar-refractivity contribution in [3.63, 3.8) is 0 Å². The van der Waals surface area contributed by atoms with Crippen LogP contribution in [0, 0.1) is 0 Å². The first-order chi connectivity index (χ1) is 31.2. The highest BCUT2D eigenvalue weighted by Gasteiger charge is 2.20. The molecule has 0 spiro atoms. The van der Waals surface area contributed by atoms with Crippen molar-refractivity contribution in [2.75, 3.05) is 4.90 Å². The molecule has 0 saturated carbocycles. The van der Waals surface area contributed by atoms with Gasteiger partial charge in [-0.2, -0.15) is 0 Å². The fourth-order valence-electron chi connectivity index (χ4n) is 9.13. The van der Waals surface area contributed by atoms with Crippen LogP contribution in [0.5, 0.6) is 0 Å². The third-order valence-corrected chi connectivity index (χ3v) is 12.3. The van der Waals surface area contributed by atoms with Crippen LogP contribution in [0.1, 0.15) is 0 Å². The Balaban J connectivity index is 0.937. The smallest absolute Gasteiger partial charge is 0.147 e. The predicted octanol–water partition coefficient (Wildman–Crippen LogP) is 17.3.